The summed E-state index contributed by atoms with van der Waals surface area (Å²) in [6, 6.07) is 0.629. The van der Waals surface area contributed by atoms with Gasteiger partial charge in [0, 0.05) is 29.6 Å². The summed E-state index contributed by atoms with van der Waals surface area (Å²) >= 11 is 1.59. The van der Waals surface area contributed by atoms with E-state index in [1.54, 1.807) is 23.0 Å². The molecule has 7 nitrogen and oxygen atoms in total. The smallest absolute Gasteiger partial charge is 0.273 e. The van der Waals surface area contributed by atoms with Crippen molar-refractivity contribution in [2.75, 3.05) is 0 Å². The van der Waals surface area contributed by atoms with Crippen LogP contribution in [0.5, 0.6) is 0 Å². The van der Waals surface area contributed by atoms with Gasteiger partial charge in [-0.15, -0.1) is 16.4 Å². The van der Waals surface area contributed by atoms with Gasteiger partial charge in [-0.05, 0) is 32.6 Å². The molecule has 0 radical (unpaired) electrons. The van der Waals surface area contributed by atoms with E-state index in [9.17, 15) is 4.79 Å². The normalized spacial score (nSPS) is 22.7. The van der Waals surface area contributed by atoms with Crippen LogP contribution in [0.3, 0.4) is 0 Å². The van der Waals surface area contributed by atoms with Crippen molar-refractivity contribution >= 4 is 17.2 Å². The summed E-state index contributed by atoms with van der Waals surface area (Å²) in [6.07, 6.45) is 8.33. The molecular formula is C15H22N6OS. The van der Waals surface area contributed by atoms with Gasteiger partial charge in [-0.3, -0.25) is 9.78 Å². The molecule has 3 rings (SSSR count). The molecule has 124 valence electrons. The Hall–Kier alpha value is -1.80. The number of carbonyl (C=O) groups is 1. The molecule has 0 unspecified atom stereocenters. The van der Waals surface area contributed by atoms with E-state index >= 15 is 0 Å². The average Bonchev–Trinajstić information content (AvgIpc) is 3.19. The zero-order valence-corrected chi connectivity index (χ0v) is 14.0. The first-order valence-corrected chi connectivity index (χ1v) is 8.85. The van der Waals surface area contributed by atoms with Crippen molar-refractivity contribution in [3.63, 3.8) is 0 Å². The van der Waals surface area contributed by atoms with Crippen molar-refractivity contribution in [2.24, 2.45) is 5.73 Å². The van der Waals surface area contributed by atoms with E-state index in [0.717, 1.165) is 37.0 Å². The minimum atomic E-state index is -0.180. The molecule has 1 fully saturated rings. The van der Waals surface area contributed by atoms with Gasteiger partial charge < -0.3 is 11.1 Å². The van der Waals surface area contributed by atoms with Gasteiger partial charge in [0.2, 0.25) is 0 Å². The number of thiazole rings is 1. The van der Waals surface area contributed by atoms with Gasteiger partial charge in [0.15, 0.2) is 5.69 Å². The third-order valence-electron chi connectivity index (χ3n) is 4.23. The van der Waals surface area contributed by atoms with Gasteiger partial charge in [0.05, 0.1) is 17.7 Å². The SMILES string of the molecule is C[C@H](Cc1cncs1)NC(=O)c1cn(C2CCC(N)CC2)nn1. The fourth-order valence-electron chi connectivity index (χ4n) is 2.92. The summed E-state index contributed by atoms with van der Waals surface area (Å²) in [4.78, 5) is 17.5. The first-order valence-electron chi connectivity index (χ1n) is 7.97. The molecule has 0 aromatic carbocycles. The molecule has 8 heteroatoms. The minimum Gasteiger partial charge on any atom is -0.348 e. The Morgan fingerprint density at radius 1 is 1.48 bits per heavy atom. The Morgan fingerprint density at radius 2 is 2.26 bits per heavy atom. The number of hydrogen-bond donors (Lipinski definition) is 2. The molecular weight excluding hydrogens is 312 g/mol. The molecule has 1 saturated carbocycles. The number of nitrogens with one attached hydrogen (secondary N) is 1. The number of nitrogens with zero attached hydrogens (tertiary/aromatic N) is 4. The summed E-state index contributed by atoms with van der Waals surface area (Å²) in [5.41, 5.74) is 8.09. The Labute approximate surface area is 139 Å². The van der Waals surface area contributed by atoms with Crippen LogP contribution in [-0.2, 0) is 6.42 Å². The van der Waals surface area contributed by atoms with Crippen LogP contribution in [0, 0.1) is 0 Å². The van der Waals surface area contributed by atoms with E-state index in [1.807, 2.05) is 17.8 Å². The standard InChI is InChI=1S/C15H22N6OS/c1-10(6-13-7-17-9-23-13)18-15(22)14-8-21(20-19-14)12-4-2-11(16)3-5-12/h7-12H,2-6,16H2,1H3,(H,18,22)/t10-,11?,12?/m1/s1. The number of carbonyl (C=O) groups excluding carboxylic acids is 1. The molecule has 23 heavy (non-hydrogen) atoms. The fourth-order valence-corrected chi connectivity index (χ4v) is 3.64. The van der Waals surface area contributed by atoms with Crippen molar-refractivity contribution in [3.05, 3.63) is 28.5 Å². The van der Waals surface area contributed by atoms with Crippen LogP contribution < -0.4 is 11.1 Å². The van der Waals surface area contributed by atoms with Crippen LogP contribution in [0.25, 0.3) is 0 Å². The van der Waals surface area contributed by atoms with Crippen LogP contribution in [0.1, 0.15) is 54.0 Å². The Bertz CT molecular complexity index is 632. The third-order valence-corrected chi connectivity index (χ3v) is 5.03. The molecule has 1 atom stereocenters. The van der Waals surface area contributed by atoms with E-state index in [0.29, 0.717) is 17.8 Å². The molecule has 1 aliphatic carbocycles. The van der Waals surface area contributed by atoms with Gasteiger partial charge in [-0.25, -0.2) is 4.68 Å². The highest BCUT2D eigenvalue weighted by Crippen LogP contribution is 2.26. The molecule has 2 aromatic heterocycles. The van der Waals surface area contributed by atoms with Gasteiger partial charge >= 0.3 is 0 Å². The van der Waals surface area contributed by atoms with E-state index in [-0.39, 0.29) is 11.9 Å². The van der Waals surface area contributed by atoms with Crippen LogP contribution in [0.15, 0.2) is 17.9 Å². The van der Waals surface area contributed by atoms with Crippen molar-refractivity contribution in [1.82, 2.24) is 25.3 Å². The zero-order valence-electron chi connectivity index (χ0n) is 13.2. The number of nitrogens with two attached hydrogens (primary N) is 1. The van der Waals surface area contributed by atoms with E-state index in [1.165, 1.54) is 0 Å². The van der Waals surface area contributed by atoms with Crippen LogP contribution in [-0.4, -0.2) is 38.0 Å². The van der Waals surface area contributed by atoms with Crippen molar-refractivity contribution in [1.29, 1.82) is 0 Å². The Balaban J connectivity index is 1.55. The second-order valence-corrected chi connectivity index (χ2v) is 7.17. The highest BCUT2D eigenvalue weighted by molar-refractivity contribution is 7.09. The van der Waals surface area contributed by atoms with Gasteiger partial charge in [-0.2, -0.15) is 0 Å². The molecule has 0 aliphatic heterocycles. The monoisotopic (exact) mass is 334 g/mol. The van der Waals surface area contributed by atoms with E-state index in [4.69, 9.17) is 5.73 Å². The predicted molar refractivity (Wildman–Crippen MR) is 88.2 cm³/mol. The third kappa shape index (κ3) is 4.14. The van der Waals surface area contributed by atoms with Gasteiger partial charge in [-0.1, -0.05) is 5.21 Å². The summed E-state index contributed by atoms with van der Waals surface area (Å²) in [5.74, 6) is -0.180. The Kier molecular flexibility index (Phi) is 5.02. The summed E-state index contributed by atoms with van der Waals surface area (Å²) in [5, 5.41) is 11.1. The lowest BCUT2D eigenvalue weighted by atomic mass is 9.92. The first kappa shape index (κ1) is 16.1. The quantitative estimate of drug-likeness (QED) is 0.864. The number of aromatic nitrogens is 4. The molecule has 0 bridgehead atoms. The highest BCUT2D eigenvalue weighted by Gasteiger charge is 2.22. The summed E-state index contributed by atoms with van der Waals surface area (Å²) in [7, 11) is 0. The van der Waals surface area contributed by atoms with Crippen molar-refractivity contribution in [3.8, 4) is 0 Å². The van der Waals surface area contributed by atoms with Crippen LogP contribution in [0.4, 0.5) is 0 Å². The van der Waals surface area contributed by atoms with Crippen molar-refractivity contribution < 1.29 is 4.79 Å². The molecule has 1 amide bonds. The number of rotatable bonds is 5. The number of hydrogen-bond acceptors (Lipinski definition) is 6. The lowest BCUT2D eigenvalue weighted by Crippen LogP contribution is -2.34. The lowest BCUT2D eigenvalue weighted by molar-refractivity contribution is 0.0935. The van der Waals surface area contributed by atoms with Crippen LogP contribution >= 0.6 is 11.3 Å². The molecule has 0 saturated heterocycles. The fraction of sp³-hybridized carbons (Fsp3) is 0.600. The largest absolute Gasteiger partial charge is 0.348 e. The molecule has 1 aliphatic rings. The predicted octanol–water partition coefficient (Wildman–Crippen LogP) is 1.54. The summed E-state index contributed by atoms with van der Waals surface area (Å²) < 4.78 is 1.81. The van der Waals surface area contributed by atoms with Gasteiger partial charge in [0.1, 0.15) is 0 Å². The maximum Gasteiger partial charge on any atom is 0.273 e. The second kappa shape index (κ2) is 7.18. The second-order valence-electron chi connectivity index (χ2n) is 6.20. The Morgan fingerprint density at radius 3 is 2.96 bits per heavy atom. The van der Waals surface area contributed by atoms with Crippen LogP contribution in [0.2, 0.25) is 0 Å². The maximum atomic E-state index is 12.3. The van der Waals surface area contributed by atoms with Crippen molar-refractivity contribution in [2.45, 2.75) is 57.2 Å². The topological polar surface area (TPSA) is 98.7 Å². The highest BCUT2D eigenvalue weighted by atomic mass is 32.1. The van der Waals surface area contributed by atoms with E-state index in [2.05, 4.69) is 20.6 Å². The first-order chi connectivity index (χ1) is 11.1. The molecule has 2 heterocycles. The lowest BCUT2D eigenvalue weighted by Gasteiger charge is -2.25. The molecule has 0 spiro atoms. The molecule has 3 N–H and O–H groups in total. The average molecular weight is 334 g/mol. The number of amides is 1. The summed E-state index contributed by atoms with van der Waals surface area (Å²) in [6.45, 7) is 1.98. The molecule has 2 aromatic rings. The zero-order chi connectivity index (χ0) is 16.2. The maximum absolute atomic E-state index is 12.3. The minimum absolute atomic E-state index is 0.0285. The van der Waals surface area contributed by atoms with E-state index < -0.39 is 0 Å². The van der Waals surface area contributed by atoms with Gasteiger partial charge in [0.25, 0.3) is 5.91 Å².